The van der Waals surface area contributed by atoms with E-state index in [9.17, 15) is 4.39 Å². The van der Waals surface area contributed by atoms with E-state index >= 15 is 0 Å². The Labute approximate surface area is 107 Å². The SMILES string of the molecule is Nc1ncc2c(N)ncc(-c3ccncc3F)c2n1. The Morgan fingerprint density at radius 1 is 1.00 bits per heavy atom. The van der Waals surface area contributed by atoms with Gasteiger partial charge in [0.05, 0.1) is 17.1 Å². The van der Waals surface area contributed by atoms with Crippen LogP contribution >= 0.6 is 0 Å². The van der Waals surface area contributed by atoms with E-state index in [1.165, 1.54) is 18.6 Å². The summed E-state index contributed by atoms with van der Waals surface area (Å²) in [5.41, 5.74) is 12.6. The lowest BCUT2D eigenvalue weighted by atomic mass is 10.1. The number of halogens is 1. The Hall–Kier alpha value is -2.83. The van der Waals surface area contributed by atoms with Crippen LogP contribution in [0.2, 0.25) is 0 Å². The van der Waals surface area contributed by atoms with Gasteiger partial charge in [0.15, 0.2) is 0 Å². The van der Waals surface area contributed by atoms with Crippen molar-refractivity contribution in [1.29, 1.82) is 0 Å². The number of nitrogen functional groups attached to an aromatic ring is 2. The van der Waals surface area contributed by atoms with E-state index in [1.54, 1.807) is 6.07 Å². The summed E-state index contributed by atoms with van der Waals surface area (Å²) in [5, 5.41) is 0.530. The highest BCUT2D eigenvalue weighted by Gasteiger charge is 2.13. The molecule has 0 aliphatic heterocycles. The molecule has 0 bridgehead atoms. The van der Waals surface area contributed by atoms with Gasteiger partial charge in [0.2, 0.25) is 5.95 Å². The number of hydrogen-bond acceptors (Lipinski definition) is 6. The zero-order chi connectivity index (χ0) is 13.4. The molecule has 19 heavy (non-hydrogen) atoms. The first-order chi connectivity index (χ1) is 9.16. The number of aromatic nitrogens is 4. The Morgan fingerprint density at radius 2 is 1.84 bits per heavy atom. The third-order valence-corrected chi connectivity index (χ3v) is 2.73. The van der Waals surface area contributed by atoms with Gasteiger partial charge in [0.25, 0.3) is 0 Å². The normalized spacial score (nSPS) is 10.8. The molecule has 0 aliphatic rings. The molecule has 0 aliphatic carbocycles. The van der Waals surface area contributed by atoms with Crippen LogP contribution in [-0.4, -0.2) is 19.9 Å². The van der Waals surface area contributed by atoms with Gasteiger partial charge in [-0.2, -0.15) is 0 Å². The predicted molar refractivity (Wildman–Crippen MR) is 69.3 cm³/mol. The molecule has 3 aromatic heterocycles. The van der Waals surface area contributed by atoms with Crippen LogP contribution in [0.4, 0.5) is 16.2 Å². The van der Waals surface area contributed by atoms with Gasteiger partial charge in [0.1, 0.15) is 11.6 Å². The second-order valence-electron chi connectivity index (χ2n) is 3.90. The van der Waals surface area contributed by atoms with Crippen LogP contribution in [0.15, 0.2) is 30.9 Å². The largest absolute Gasteiger partial charge is 0.383 e. The van der Waals surface area contributed by atoms with Gasteiger partial charge in [-0.05, 0) is 6.07 Å². The van der Waals surface area contributed by atoms with Crippen LogP contribution < -0.4 is 11.5 Å². The van der Waals surface area contributed by atoms with E-state index in [4.69, 9.17) is 11.5 Å². The van der Waals surface area contributed by atoms with Gasteiger partial charge >= 0.3 is 0 Å². The lowest BCUT2D eigenvalue weighted by Gasteiger charge is -2.08. The molecule has 0 unspecified atom stereocenters. The molecule has 6 nitrogen and oxygen atoms in total. The van der Waals surface area contributed by atoms with E-state index in [0.717, 1.165) is 6.20 Å². The molecule has 3 heterocycles. The number of fused-ring (bicyclic) bond motifs is 1. The molecule has 7 heteroatoms. The molecule has 94 valence electrons. The topological polar surface area (TPSA) is 104 Å². The Bertz CT molecular complexity index is 773. The van der Waals surface area contributed by atoms with Gasteiger partial charge in [0, 0.05) is 29.7 Å². The summed E-state index contributed by atoms with van der Waals surface area (Å²) in [6, 6.07) is 1.54. The van der Waals surface area contributed by atoms with Gasteiger partial charge in [-0.3, -0.25) is 4.98 Å². The lowest BCUT2D eigenvalue weighted by Crippen LogP contribution is -2.00. The number of nitrogens with two attached hydrogens (primary N) is 2. The first-order valence-corrected chi connectivity index (χ1v) is 5.43. The van der Waals surface area contributed by atoms with Crippen molar-refractivity contribution in [3.05, 3.63) is 36.7 Å². The molecule has 0 spiro atoms. The monoisotopic (exact) mass is 256 g/mol. The molecular formula is C12H9FN6. The summed E-state index contributed by atoms with van der Waals surface area (Å²) < 4.78 is 13.8. The molecule has 0 amide bonds. The van der Waals surface area contributed by atoms with Gasteiger partial charge in [-0.1, -0.05) is 0 Å². The number of hydrogen-bond donors (Lipinski definition) is 2. The fourth-order valence-corrected chi connectivity index (χ4v) is 1.84. The summed E-state index contributed by atoms with van der Waals surface area (Å²) >= 11 is 0. The average Bonchev–Trinajstić information content (AvgIpc) is 2.40. The maximum Gasteiger partial charge on any atom is 0.220 e. The van der Waals surface area contributed by atoms with Gasteiger partial charge in [-0.15, -0.1) is 0 Å². The van der Waals surface area contributed by atoms with Crippen molar-refractivity contribution >= 4 is 22.7 Å². The summed E-state index contributed by atoms with van der Waals surface area (Å²) in [7, 11) is 0. The zero-order valence-electron chi connectivity index (χ0n) is 9.71. The fraction of sp³-hybridized carbons (Fsp3) is 0. The van der Waals surface area contributed by atoms with Crippen molar-refractivity contribution in [3.8, 4) is 11.1 Å². The summed E-state index contributed by atoms with van der Waals surface area (Å²) in [5.74, 6) is -0.102. The number of nitrogens with zero attached hydrogens (tertiary/aromatic N) is 4. The van der Waals surface area contributed by atoms with Crippen LogP contribution in [0.1, 0.15) is 0 Å². The average molecular weight is 256 g/mol. The molecule has 0 saturated carbocycles. The zero-order valence-corrected chi connectivity index (χ0v) is 9.71. The van der Waals surface area contributed by atoms with E-state index in [1.807, 2.05) is 0 Å². The smallest absolute Gasteiger partial charge is 0.220 e. The van der Waals surface area contributed by atoms with E-state index in [-0.39, 0.29) is 11.8 Å². The minimum absolute atomic E-state index is 0.0915. The summed E-state index contributed by atoms with van der Waals surface area (Å²) in [6.45, 7) is 0. The third kappa shape index (κ3) is 1.81. The first-order valence-electron chi connectivity index (χ1n) is 5.43. The van der Waals surface area contributed by atoms with Crippen LogP contribution in [0.5, 0.6) is 0 Å². The Morgan fingerprint density at radius 3 is 2.63 bits per heavy atom. The second-order valence-corrected chi connectivity index (χ2v) is 3.90. The molecule has 0 radical (unpaired) electrons. The quantitative estimate of drug-likeness (QED) is 0.681. The minimum atomic E-state index is -0.465. The van der Waals surface area contributed by atoms with Crippen molar-refractivity contribution in [1.82, 2.24) is 19.9 Å². The molecule has 0 saturated heterocycles. The highest BCUT2D eigenvalue weighted by atomic mass is 19.1. The molecule has 3 aromatic rings. The maximum atomic E-state index is 13.8. The maximum absolute atomic E-state index is 13.8. The number of anilines is 2. The van der Waals surface area contributed by atoms with Crippen molar-refractivity contribution in [2.24, 2.45) is 0 Å². The van der Waals surface area contributed by atoms with Gasteiger partial charge < -0.3 is 11.5 Å². The first kappa shape index (κ1) is 11.3. The molecule has 3 rings (SSSR count). The molecule has 0 atom stereocenters. The van der Waals surface area contributed by atoms with Crippen molar-refractivity contribution < 1.29 is 4.39 Å². The lowest BCUT2D eigenvalue weighted by molar-refractivity contribution is 0.625. The van der Waals surface area contributed by atoms with E-state index in [0.29, 0.717) is 22.0 Å². The molecule has 0 fully saturated rings. The Kier molecular flexibility index (Phi) is 2.45. The minimum Gasteiger partial charge on any atom is -0.383 e. The summed E-state index contributed by atoms with van der Waals surface area (Å²) in [6.07, 6.45) is 5.55. The number of pyridine rings is 2. The number of rotatable bonds is 1. The van der Waals surface area contributed by atoms with Crippen LogP contribution in [0.25, 0.3) is 22.0 Å². The molecular weight excluding hydrogens is 247 g/mol. The van der Waals surface area contributed by atoms with E-state index in [2.05, 4.69) is 19.9 Å². The van der Waals surface area contributed by atoms with Gasteiger partial charge in [-0.25, -0.2) is 19.3 Å². The van der Waals surface area contributed by atoms with Crippen molar-refractivity contribution in [2.45, 2.75) is 0 Å². The molecule has 0 aromatic carbocycles. The highest BCUT2D eigenvalue weighted by molar-refractivity contribution is 5.98. The Balaban J connectivity index is 2.39. The van der Waals surface area contributed by atoms with Crippen LogP contribution in [0.3, 0.4) is 0 Å². The standard InChI is InChI=1S/C12H9FN6/c13-9-5-16-2-1-6(9)7-3-17-11(14)8-4-18-12(15)19-10(7)8/h1-5H,(H2,14,17)(H2,15,18,19). The third-order valence-electron chi connectivity index (χ3n) is 2.73. The molecule has 4 N–H and O–H groups in total. The van der Waals surface area contributed by atoms with Crippen LogP contribution in [0, 0.1) is 5.82 Å². The fourth-order valence-electron chi connectivity index (χ4n) is 1.84. The summed E-state index contributed by atoms with van der Waals surface area (Å²) in [4.78, 5) is 15.7. The predicted octanol–water partition coefficient (Wildman–Crippen LogP) is 1.39. The highest BCUT2D eigenvalue weighted by Crippen LogP contribution is 2.30. The van der Waals surface area contributed by atoms with Crippen LogP contribution in [-0.2, 0) is 0 Å². The van der Waals surface area contributed by atoms with E-state index < -0.39 is 5.82 Å². The van der Waals surface area contributed by atoms with Crippen molar-refractivity contribution in [2.75, 3.05) is 11.5 Å². The van der Waals surface area contributed by atoms with Crippen molar-refractivity contribution in [3.63, 3.8) is 0 Å². The second kappa shape index (κ2) is 4.13.